The van der Waals surface area contributed by atoms with Crippen LogP contribution in [0.2, 0.25) is 0 Å². The van der Waals surface area contributed by atoms with Gasteiger partial charge < -0.3 is 14.8 Å². The average molecular weight is 602 g/mol. The molecule has 2 aliphatic rings. The number of carbonyl (C=O) groups is 1. The van der Waals surface area contributed by atoms with Crippen LogP contribution in [0.5, 0.6) is 0 Å². The van der Waals surface area contributed by atoms with Gasteiger partial charge in [0.2, 0.25) is 11.8 Å². The van der Waals surface area contributed by atoms with Gasteiger partial charge in [-0.3, -0.25) is 9.16 Å². The van der Waals surface area contributed by atoms with E-state index < -0.39 is 58.5 Å². The van der Waals surface area contributed by atoms with Gasteiger partial charge in [0.15, 0.2) is 11.6 Å². The number of nitriles is 1. The van der Waals surface area contributed by atoms with Crippen molar-refractivity contribution in [3.63, 3.8) is 0 Å². The SMILES string of the molecule is CN=[SH]1(O)CCN(c2ccc(-c3cn(-c4ncccc4F)nc3[C@@H]3CC(F)(F)CC[C@H]3C(=O)N[C@@H](C)C#N)cc2)CC1. The molecule has 3 heterocycles. The van der Waals surface area contributed by atoms with E-state index in [0.29, 0.717) is 35.7 Å². The number of aromatic nitrogens is 3. The van der Waals surface area contributed by atoms with Gasteiger partial charge in [0, 0.05) is 80.0 Å². The Balaban J connectivity index is 1.54. The fourth-order valence-electron chi connectivity index (χ4n) is 5.72. The van der Waals surface area contributed by atoms with Crippen molar-refractivity contribution in [1.82, 2.24) is 20.1 Å². The fraction of sp³-hybridized carbons (Fsp3) is 0.448. The topological polar surface area (TPSA) is 119 Å². The lowest BCUT2D eigenvalue weighted by Gasteiger charge is -2.37. The van der Waals surface area contributed by atoms with E-state index in [1.54, 1.807) is 13.2 Å². The first-order valence-electron chi connectivity index (χ1n) is 13.9. The molecule has 0 radical (unpaired) electrons. The number of hydrogen-bond donors (Lipinski definition) is 3. The first-order chi connectivity index (χ1) is 20.0. The monoisotopic (exact) mass is 601 g/mol. The van der Waals surface area contributed by atoms with Crippen LogP contribution in [0.1, 0.15) is 37.8 Å². The van der Waals surface area contributed by atoms with E-state index in [0.717, 1.165) is 5.69 Å². The first kappa shape index (κ1) is 29.7. The third-order valence-corrected chi connectivity index (χ3v) is 10.7. The van der Waals surface area contributed by atoms with Gasteiger partial charge in [-0.15, -0.1) is 10.1 Å². The van der Waals surface area contributed by atoms with Gasteiger partial charge in [-0.1, -0.05) is 12.1 Å². The molecule has 2 aromatic heterocycles. The molecule has 1 saturated carbocycles. The van der Waals surface area contributed by atoms with E-state index in [1.807, 2.05) is 30.3 Å². The number of amides is 1. The minimum Gasteiger partial charge on any atom is -0.370 e. The Morgan fingerprint density at radius 3 is 2.62 bits per heavy atom. The van der Waals surface area contributed by atoms with E-state index in [9.17, 15) is 27.8 Å². The summed E-state index contributed by atoms with van der Waals surface area (Å²) in [4.78, 5) is 19.4. The number of anilines is 1. The Kier molecular flexibility index (Phi) is 8.39. The summed E-state index contributed by atoms with van der Waals surface area (Å²) in [5.41, 5.74) is 2.34. The van der Waals surface area contributed by atoms with Gasteiger partial charge in [-0.2, -0.15) is 10.4 Å². The zero-order valence-electron chi connectivity index (χ0n) is 23.4. The number of rotatable bonds is 6. The minimum atomic E-state index is -3.02. The van der Waals surface area contributed by atoms with Crippen LogP contribution in [0.15, 0.2) is 53.2 Å². The number of hydrogen-bond acceptors (Lipinski definition) is 6. The highest BCUT2D eigenvalue weighted by Crippen LogP contribution is 2.47. The highest BCUT2D eigenvalue weighted by molar-refractivity contribution is 8.00. The molecule has 0 spiro atoms. The first-order valence-corrected chi connectivity index (χ1v) is 15.9. The quantitative estimate of drug-likeness (QED) is 0.355. The van der Waals surface area contributed by atoms with Crippen LogP contribution in [0.25, 0.3) is 16.9 Å². The number of pyridine rings is 1. The van der Waals surface area contributed by atoms with Crippen LogP contribution in [0, 0.1) is 23.1 Å². The summed E-state index contributed by atoms with van der Waals surface area (Å²) in [5.74, 6) is -4.84. The van der Waals surface area contributed by atoms with Crippen LogP contribution in [0.3, 0.4) is 0 Å². The van der Waals surface area contributed by atoms with Crippen LogP contribution >= 0.6 is 0 Å². The predicted octanol–water partition coefficient (Wildman–Crippen LogP) is 4.61. The molecule has 1 aliphatic heterocycles. The van der Waals surface area contributed by atoms with Gasteiger partial charge in [-0.05, 0) is 43.2 Å². The van der Waals surface area contributed by atoms with E-state index in [1.165, 1.54) is 29.9 Å². The van der Waals surface area contributed by atoms with Crippen molar-refractivity contribution in [2.45, 2.75) is 44.1 Å². The number of halogens is 3. The van der Waals surface area contributed by atoms with Gasteiger partial charge in [0.1, 0.15) is 6.04 Å². The molecule has 13 heteroatoms. The Morgan fingerprint density at radius 1 is 1.26 bits per heavy atom. The summed E-state index contributed by atoms with van der Waals surface area (Å²) >= 11 is 0. The van der Waals surface area contributed by atoms with Crippen molar-refractivity contribution >= 4 is 21.7 Å². The van der Waals surface area contributed by atoms with Crippen molar-refractivity contribution in [3.8, 4) is 23.0 Å². The number of benzene rings is 1. The summed E-state index contributed by atoms with van der Waals surface area (Å²) in [5, 5.41) is 16.4. The van der Waals surface area contributed by atoms with Crippen LogP contribution in [-0.4, -0.2) is 68.8 Å². The smallest absolute Gasteiger partial charge is 0.248 e. The summed E-state index contributed by atoms with van der Waals surface area (Å²) in [7, 11) is -0.565. The van der Waals surface area contributed by atoms with E-state index in [-0.39, 0.29) is 17.9 Å². The molecule has 2 fully saturated rings. The lowest BCUT2D eigenvalue weighted by Crippen LogP contribution is -2.43. The zero-order valence-corrected chi connectivity index (χ0v) is 24.3. The molecule has 224 valence electrons. The van der Waals surface area contributed by atoms with Crippen molar-refractivity contribution in [1.29, 1.82) is 5.26 Å². The van der Waals surface area contributed by atoms with Gasteiger partial charge in [0.05, 0.1) is 11.8 Å². The van der Waals surface area contributed by atoms with Crippen LogP contribution in [0.4, 0.5) is 18.9 Å². The number of alkyl halides is 2. The highest BCUT2D eigenvalue weighted by atomic mass is 32.3. The summed E-state index contributed by atoms with van der Waals surface area (Å²) in [6.45, 7) is 2.86. The van der Waals surface area contributed by atoms with Gasteiger partial charge in [0.25, 0.3) is 0 Å². The number of thiol groups is 1. The number of nitrogens with zero attached hydrogens (tertiary/aromatic N) is 6. The van der Waals surface area contributed by atoms with E-state index >= 15 is 0 Å². The fourth-order valence-corrected chi connectivity index (χ4v) is 7.47. The molecule has 0 bridgehead atoms. The lowest BCUT2D eigenvalue weighted by atomic mass is 9.74. The Morgan fingerprint density at radius 2 is 1.98 bits per heavy atom. The lowest BCUT2D eigenvalue weighted by molar-refractivity contribution is -0.131. The summed E-state index contributed by atoms with van der Waals surface area (Å²) < 4.78 is 60.4. The second-order valence-corrected chi connectivity index (χ2v) is 14.0. The molecular formula is C29H34F3N7O2S. The molecule has 1 aliphatic carbocycles. The standard InChI is InChI=1S/C29H34F3N7O2S/c1-19(17-33)36-28(40)22-9-10-29(31,32)16-23(22)26-24(18-39(37-26)27-25(30)4-3-11-35-27)20-5-7-21(8-6-20)38-12-14-42(41,34-2)15-13-38/h3-8,11,18-19,22-23,42H,9-10,12-16H2,1-2H3,(H,34,41)(H,36,40)/t19-,22+,23+/m0/s1. The molecule has 1 saturated heterocycles. The molecule has 3 atom stereocenters. The normalized spacial score (nSPS) is 22.9. The highest BCUT2D eigenvalue weighted by Gasteiger charge is 2.46. The molecule has 2 N–H and O–H groups in total. The number of carbonyl (C=O) groups excluding carboxylic acids is 1. The van der Waals surface area contributed by atoms with E-state index in [2.05, 4.69) is 24.7 Å². The minimum absolute atomic E-state index is 0.0845. The molecule has 0 unspecified atom stereocenters. The molecule has 42 heavy (non-hydrogen) atoms. The molecule has 1 aromatic carbocycles. The maximum absolute atomic E-state index is 14.9. The Hall–Kier alpha value is -3.76. The third kappa shape index (κ3) is 6.19. The Bertz CT molecular complexity index is 1540. The van der Waals surface area contributed by atoms with Crippen molar-refractivity contribution in [3.05, 3.63) is 60.3 Å². The van der Waals surface area contributed by atoms with Crippen LogP contribution < -0.4 is 10.2 Å². The molecule has 3 aromatic rings. The van der Waals surface area contributed by atoms with Crippen LogP contribution in [-0.2, 0) is 14.9 Å². The zero-order chi connectivity index (χ0) is 30.1. The second-order valence-electron chi connectivity index (χ2n) is 10.9. The maximum Gasteiger partial charge on any atom is 0.248 e. The number of nitrogens with one attached hydrogen (secondary N) is 1. The largest absolute Gasteiger partial charge is 0.370 e. The summed E-state index contributed by atoms with van der Waals surface area (Å²) in [6.07, 6.45) is 1.82. The van der Waals surface area contributed by atoms with Crippen molar-refractivity contribution < 1.29 is 22.5 Å². The van der Waals surface area contributed by atoms with Crippen molar-refractivity contribution in [2.24, 2.45) is 10.3 Å². The Labute approximate surface area is 243 Å². The average Bonchev–Trinajstić information content (AvgIpc) is 3.42. The molecule has 5 rings (SSSR count). The summed E-state index contributed by atoms with van der Waals surface area (Å²) in [6, 6.07) is 11.4. The molecule has 9 nitrogen and oxygen atoms in total. The van der Waals surface area contributed by atoms with Gasteiger partial charge in [-0.25, -0.2) is 22.8 Å². The predicted molar refractivity (Wildman–Crippen MR) is 157 cm³/mol. The second kappa shape index (κ2) is 11.9. The maximum atomic E-state index is 14.9. The molecular weight excluding hydrogens is 567 g/mol. The molecule has 1 amide bonds. The van der Waals surface area contributed by atoms with E-state index in [4.69, 9.17) is 0 Å². The third-order valence-electron chi connectivity index (χ3n) is 8.14. The van der Waals surface area contributed by atoms with Crippen molar-refractivity contribution in [2.75, 3.05) is 36.5 Å². The van der Waals surface area contributed by atoms with Gasteiger partial charge >= 0.3 is 0 Å².